The van der Waals surface area contributed by atoms with Crippen LogP contribution in [-0.4, -0.2) is 15.8 Å². The van der Waals surface area contributed by atoms with Gasteiger partial charge in [-0.15, -0.1) is 11.8 Å². The minimum atomic E-state index is -0.889. The lowest BCUT2D eigenvalue weighted by molar-refractivity contribution is 0.00473. The van der Waals surface area contributed by atoms with Gasteiger partial charge in [0, 0.05) is 33.6 Å². The molecule has 2 unspecified atom stereocenters. The molecular weight excluding hydrogens is 314 g/mol. The van der Waals surface area contributed by atoms with Crippen molar-refractivity contribution in [2.75, 3.05) is 5.75 Å². The molecule has 0 bridgehead atoms. The summed E-state index contributed by atoms with van der Waals surface area (Å²) in [4.78, 5) is 5.31. The molecule has 1 aromatic heterocycles. The molecule has 0 spiro atoms. The molecule has 0 saturated heterocycles. The highest BCUT2D eigenvalue weighted by atomic mass is 35.5. The Labute approximate surface area is 141 Å². The van der Waals surface area contributed by atoms with Crippen LogP contribution in [0.15, 0.2) is 47.6 Å². The van der Waals surface area contributed by atoms with Gasteiger partial charge in [-0.2, -0.15) is 0 Å². The fourth-order valence-corrected chi connectivity index (χ4v) is 3.93. The summed E-state index contributed by atoms with van der Waals surface area (Å²) in [6.45, 7) is 6.23. The zero-order valence-electron chi connectivity index (χ0n) is 13.2. The van der Waals surface area contributed by atoms with E-state index in [4.69, 9.17) is 11.6 Å². The smallest absolute Gasteiger partial charge is 0.103 e. The van der Waals surface area contributed by atoms with Crippen LogP contribution in [0.4, 0.5) is 0 Å². The van der Waals surface area contributed by atoms with Crippen LogP contribution < -0.4 is 0 Å². The number of pyridine rings is 1. The molecule has 2 atom stereocenters. The molecule has 118 valence electrons. The van der Waals surface area contributed by atoms with Crippen LogP contribution in [0.2, 0.25) is 5.02 Å². The number of aliphatic hydroxyl groups is 1. The Morgan fingerprint density at radius 2 is 2.14 bits per heavy atom. The van der Waals surface area contributed by atoms with Crippen molar-refractivity contribution in [1.29, 1.82) is 0 Å². The summed E-state index contributed by atoms with van der Waals surface area (Å²) in [5.41, 5.74) is 1.12. The van der Waals surface area contributed by atoms with Crippen molar-refractivity contribution in [1.82, 2.24) is 4.98 Å². The maximum absolute atomic E-state index is 11.3. The third-order valence-electron chi connectivity index (χ3n) is 4.17. The Kier molecular flexibility index (Phi) is 5.90. The van der Waals surface area contributed by atoms with Crippen molar-refractivity contribution < 1.29 is 5.11 Å². The van der Waals surface area contributed by atoms with Gasteiger partial charge in [0.15, 0.2) is 0 Å². The van der Waals surface area contributed by atoms with Gasteiger partial charge < -0.3 is 5.11 Å². The largest absolute Gasteiger partial charge is 0.384 e. The molecule has 2 rings (SSSR count). The summed E-state index contributed by atoms with van der Waals surface area (Å²) in [6.07, 6.45) is 4.41. The third-order valence-corrected chi connectivity index (χ3v) is 5.76. The summed E-state index contributed by atoms with van der Waals surface area (Å²) in [5, 5.41) is 12.0. The first-order valence-corrected chi connectivity index (χ1v) is 8.85. The first-order valence-electron chi connectivity index (χ1n) is 7.49. The second kappa shape index (κ2) is 7.49. The van der Waals surface area contributed by atoms with E-state index >= 15 is 0 Å². The lowest BCUT2D eigenvalue weighted by Gasteiger charge is -2.34. The van der Waals surface area contributed by atoms with Gasteiger partial charge in [-0.3, -0.25) is 4.98 Å². The Bertz CT molecular complexity index is 620. The van der Waals surface area contributed by atoms with Crippen molar-refractivity contribution in [2.45, 2.75) is 37.7 Å². The van der Waals surface area contributed by atoms with E-state index in [-0.39, 0.29) is 5.92 Å². The fourth-order valence-electron chi connectivity index (χ4n) is 2.43. The number of benzene rings is 1. The van der Waals surface area contributed by atoms with E-state index in [1.165, 1.54) is 0 Å². The molecule has 0 amide bonds. The maximum atomic E-state index is 11.3. The average Bonchev–Trinajstić information content (AvgIpc) is 2.53. The first-order chi connectivity index (χ1) is 10.5. The van der Waals surface area contributed by atoms with Gasteiger partial charge in [-0.25, -0.2) is 0 Å². The molecule has 0 radical (unpaired) electrons. The van der Waals surface area contributed by atoms with Crippen LogP contribution >= 0.6 is 23.4 Å². The van der Waals surface area contributed by atoms with E-state index < -0.39 is 5.60 Å². The second-order valence-electron chi connectivity index (χ2n) is 5.67. The molecule has 0 aliphatic carbocycles. The second-order valence-corrected chi connectivity index (χ2v) is 7.13. The molecule has 0 fully saturated rings. The lowest BCUT2D eigenvalue weighted by atomic mass is 9.83. The number of nitrogens with zero attached hydrogens (tertiary/aromatic N) is 1. The highest BCUT2D eigenvalue weighted by molar-refractivity contribution is 7.99. The Morgan fingerprint density at radius 1 is 1.36 bits per heavy atom. The minimum Gasteiger partial charge on any atom is -0.384 e. The van der Waals surface area contributed by atoms with E-state index in [9.17, 15) is 5.11 Å². The molecule has 22 heavy (non-hydrogen) atoms. The molecule has 4 heteroatoms. The Hall–Kier alpha value is -1.03. The van der Waals surface area contributed by atoms with Crippen molar-refractivity contribution in [3.8, 4) is 0 Å². The van der Waals surface area contributed by atoms with Crippen molar-refractivity contribution in [3.63, 3.8) is 0 Å². The van der Waals surface area contributed by atoms with Crippen LogP contribution in [-0.2, 0) is 5.60 Å². The van der Waals surface area contributed by atoms with Crippen LogP contribution in [0.5, 0.6) is 0 Å². The predicted molar refractivity (Wildman–Crippen MR) is 94.5 cm³/mol. The highest BCUT2D eigenvalue weighted by Gasteiger charge is 2.35. The van der Waals surface area contributed by atoms with Crippen molar-refractivity contribution in [2.24, 2.45) is 5.92 Å². The minimum absolute atomic E-state index is 0.150. The maximum Gasteiger partial charge on any atom is 0.103 e. The molecular formula is C18H22ClNOS. The molecule has 1 aromatic carbocycles. The van der Waals surface area contributed by atoms with Gasteiger partial charge in [0.05, 0.1) is 0 Å². The van der Waals surface area contributed by atoms with E-state index in [1.54, 1.807) is 24.2 Å². The molecule has 2 nitrogen and oxygen atoms in total. The van der Waals surface area contributed by atoms with Crippen molar-refractivity contribution in [3.05, 3.63) is 58.9 Å². The number of thioether (sulfide) groups is 1. The standard InChI is InChI=1S/C18H22ClNOS/c1-4-14(3)18(21,15-6-5-9-20-11-15)12-22-17-8-7-16(19)10-13(17)2/h5-11,14,21H,4,12H2,1-3H3. The van der Waals surface area contributed by atoms with E-state index in [2.05, 4.69) is 18.8 Å². The van der Waals surface area contributed by atoms with E-state index in [0.717, 1.165) is 27.5 Å². The SMILES string of the molecule is CCC(C)C(O)(CSc1ccc(Cl)cc1C)c1cccnc1. The topological polar surface area (TPSA) is 33.1 Å². The number of halogens is 1. The van der Waals surface area contributed by atoms with Crippen LogP contribution in [0.1, 0.15) is 31.4 Å². The normalized spacial score (nSPS) is 15.3. The third kappa shape index (κ3) is 3.83. The van der Waals surface area contributed by atoms with Gasteiger partial charge in [0.2, 0.25) is 0 Å². The summed E-state index contributed by atoms with van der Waals surface area (Å²) in [7, 11) is 0. The van der Waals surface area contributed by atoms with E-state index in [1.807, 2.05) is 37.3 Å². The summed E-state index contributed by atoms with van der Waals surface area (Å²) in [5.74, 6) is 0.743. The zero-order chi connectivity index (χ0) is 16.2. The van der Waals surface area contributed by atoms with Gasteiger partial charge in [0.25, 0.3) is 0 Å². The quantitative estimate of drug-likeness (QED) is 0.748. The van der Waals surface area contributed by atoms with Gasteiger partial charge in [-0.05, 0) is 42.7 Å². The van der Waals surface area contributed by atoms with Crippen molar-refractivity contribution >= 4 is 23.4 Å². The van der Waals surface area contributed by atoms with Gasteiger partial charge >= 0.3 is 0 Å². The lowest BCUT2D eigenvalue weighted by Crippen LogP contribution is -2.36. The van der Waals surface area contributed by atoms with Gasteiger partial charge in [-0.1, -0.05) is 37.9 Å². The van der Waals surface area contributed by atoms with Crippen LogP contribution in [0.3, 0.4) is 0 Å². The monoisotopic (exact) mass is 335 g/mol. The Balaban J connectivity index is 2.24. The Morgan fingerprint density at radius 3 is 2.73 bits per heavy atom. The average molecular weight is 336 g/mol. The zero-order valence-corrected chi connectivity index (χ0v) is 14.8. The molecule has 0 aliphatic heterocycles. The van der Waals surface area contributed by atoms with Gasteiger partial charge in [0.1, 0.15) is 5.60 Å². The van der Waals surface area contributed by atoms with Crippen LogP contribution in [0, 0.1) is 12.8 Å². The number of aromatic nitrogens is 1. The van der Waals surface area contributed by atoms with E-state index in [0.29, 0.717) is 5.75 Å². The summed E-state index contributed by atoms with van der Waals surface area (Å²) in [6, 6.07) is 9.69. The number of hydrogen-bond acceptors (Lipinski definition) is 3. The molecule has 0 saturated carbocycles. The number of hydrogen-bond donors (Lipinski definition) is 1. The number of aryl methyl sites for hydroxylation is 1. The molecule has 0 aliphatic rings. The summed E-state index contributed by atoms with van der Waals surface area (Å²) < 4.78 is 0. The molecule has 1 heterocycles. The summed E-state index contributed by atoms with van der Waals surface area (Å²) >= 11 is 7.67. The highest BCUT2D eigenvalue weighted by Crippen LogP contribution is 2.37. The molecule has 2 aromatic rings. The first kappa shape index (κ1) is 17.3. The van der Waals surface area contributed by atoms with Crippen LogP contribution in [0.25, 0.3) is 0 Å². The molecule has 1 N–H and O–H groups in total. The number of rotatable bonds is 6. The predicted octanol–water partition coefficient (Wildman–Crippen LogP) is 5.07. The fraction of sp³-hybridized carbons (Fsp3) is 0.389.